The Bertz CT molecular complexity index is 1460. The third-order valence-electron chi connectivity index (χ3n) is 10.3. The summed E-state index contributed by atoms with van der Waals surface area (Å²) in [5, 5.41) is 3.36. The van der Waals surface area contributed by atoms with Crippen LogP contribution < -0.4 is 15.8 Å². The van der Waals surface area contributed by atoms with Crippen LogP contribution in [0.25, 0.3) is 10.9 Å². The number of hydrogen-bond acceptors (Lipinski definition) is 7. The van der Waals surface area contributed by atoms with Gasteiger partial charge in [0.2, 0.25) is 0 Å². The van der Waals surface area contributed by atoms with Crippen LogP contribution >= 0.6 is 0 Å². The Balaban J connectivity index is 1.38. The van der Waals surface area contributed by atoms with E-state index in [-0.39, 0.29) is 43.2 Å². The zero-order valence-electron chi connectivity index (χ0n) is 24.8. The van der Waals surface area contributed by atoms with Crippen molar-refractivity contribution in [3.8, 4) is 6.01 Å². The number of benzene rings is 1. The maximum absolute atomic E-state index is 17.2. The Labute approximate surface area is 251 Å². The molecule has 7 nitrogen and oxygen atoms in total. The molecule has 4 aliphatic rings. The van der Waals surface area contributed by atoms with E-state index in [1.165, 1.54) is 12.3 Å². The van der Waals surface area contributed by atoms with Crippen LogP contribution in [-0.4, -0.2) is 95.6 Å². The van der Waals surface area contributed by atoms with Crippen LogP contribution in [0.3, 0.4) is 0 Å². The fourth-order valence-corrected chi connectivity index (χ4v) is 7.74. The van der Waals surface area contributed by atoms with E-state index in [0.29, 0.717) is 32.4 Å². The van der Waals surface area contributed by atoms with Crippen molar-refractivity contribution in [2.75, 3.05) is 39.8 Å². The Morgan fingerprint density at radius 3 is 2.48 bits per heavy atom. The molecule has 3 N–H and O–H groups in total. The number of aromatic nitrogens is 2. The number of hydrogen-bond donors (Lipinski definition) is 2. The number of nitrogens with one attached hydrogen (secondary N) is 1. The van der Waals surface area contributed by atoms with Crippen LogP contribution in [0.1, 0.15) is 45.1 Å². The lowest BCUT2D eigenvalue weighted by molar-refractivity contribution is -0.239. The van der Waals surface area contributed by atoms with Gasteiger partial charge in [-0.2, -0.15) is 18.2 Å². The van der Waals surface area contributed by atoms with Gasteiger partial charge in [0.05, 0.1) is 6.04 Å². The minimum atomic E-state index is -5.10. The summed E-state index contributed by atoms with van der Waals surface area (Å²) >= 11 is 0. The molecule has 2 aromatic rings. The number of nitrogens with two attached hydrogens (primary N) is 1. The molecule has 1 aromatic heterocycles. The molecule has 7 atom stereocenters. The van der Waals surface area contributed by atoms with Crippen LogP contribution in [0.15, 0.2) is 29.7 Å². The molecule has 4 heterocycles. The third kappa shape index (κ3) is 4.87. The van der Waals surface area contributed by atoms with Gasteiger partial charge in [0, 0.05) is 67.2 Å². The van der Waals surface area contributed by atoms with Crippen LogP contribution in [0, 0.1) is 11.2 Å². The zero-order valence-corrected chi connectivity index (χ0v) is 24.8. The monoisotopic (exact) mass is 630 g/mol. The highest BCUT2D eigenvalue weighted by molar-refractivity contribution is 5.80. The predicted octanol–water partition coefficient (Wildman–Crippen LogP) is 4.70. The second-order valence-corrected chi connectivity index (χ2v) is 13.3. The summed E-state index contributed by atoms with van der Waals surface area (Å²) in [6, 6.07) is -0.783. The Kier molecular flexibility index (Phi) is 7.69. The molecule has 0 amide bonds. The average Bonchev–Trinajstić information content (AvgIpc) is 3.31. The molecular formula is C30H37F7N6O. The van der Waals surface area contributed by atoms with Gasteiger partial charge in [-0.1, -0.05) is 19.1 Å². The molecule has 3 aliphatic heterocycles. The molecule has 0 saturated carbocycles. The Hall–Kier alpha value is -2.55. The predicted molar refractivity (Wildman–Crippen MR) is 150 cm³/mol. The summed E-state index contributed by atoms with van der Waals surface area (Å²) in [7, 11) is 1.86. The standard InChI is InChI=1S/C30H37F7N6O/c1-16-22(32)25(38)28(34,13-29(16,30(35,36)37)43-11-18-5-6-19(12-43)40-18)20-7-4-17-10-39-26(41-24(17)23(20)33)44-15-27(2)14-42(3)9-8-21(27)31/h4,7,10,18-19,21,25,40H,5-6,8-9,11-15,38H2,1-3H3/t18-,19+,21-,25?,27+,28?,29?/m0/s1. The Morgan fingerprint density at radius 2 is 1.82 bits per heavy atom. The van der Waals surface area contributed by atoms with Crippen LogP contribution in [0.5, 0.6) is 6.01 Å². The number of alkyl halides is 5. The summed E-state index contributed by atoms with van der Waals surface area (Å²) in [5.74, 6) is -2.75. The fraction of sp³-hybridized carbons (Fsp3) is 0.667. The molecular weight excluding hydrogens is 593 g/mol. The summed E-state index contributed by atoms with van der Waals surface area (Å²) in [6.07, 6.45) is -4.77. The lowest BCUT2D eigenvalue weighted by atomic mass is 9.67. The van der Waals surface area contributed by atoms with Crippen molar-refractivity contribution in [3.05, 3.63) is 41.1 Å². The largest absolute Gasteiger partial charge is 0.463 e. The second kappa shape index (κ2) is 10.8. The number of rotatable bonds is 5. The molecule has 1 aromatic carbocycles. The van der Waals surface area contributed by atoms with E-state index in [4.69, 9.17) is 10.5 Å². The molecule has 14 heteroatoms. The molecule has 3 fully saturated rings. The highest BCUT2D eigenvalue weighted by Gasteiger charge is 2.69. The summed E-state index contributed by atoms with van der Waals surface area (Å²) in [6.45, 7) is 3.42. The van der Waals surface area contributed by atoms with Gasteiger partial charge >= 0.3 is 12.2 Å². The van der Waals surface area contributed by atoms with Crippen LogP contribution in [-0.2, 0) is 5.67 Å². The van der Waals surface area contributed by atoms with E-state index in [9.17, 15) is 4.39 Å². The van der Waals surface area contributed by atoms with Crippen molar-refractivity contribution in [2.24, 2.45) is 11.1 Å². The van der Waals surface area contributed by atoms with E-state index in [1.807, 2.05) is 11.9 Å². The molecule has 2 bridgehead atoms. The quantitative estimate of drug-likeness (QED) is 0.464. The van der Waals surface area contributed by atoms with Crippen molar-refractivity contribution >= 4 is 10.9 Å². The number of piperidine rings is 1. The van der Waals surface area contributed by atoms with E-state index in [1.54, 1.807) is 6.92 Å². The SMILES string of the molecule is CC1=C(F)C(N)C(F)(c2ccc3cnc(OC[C@@]4(C)CN(C)CC[C@@H]4F)nc3c2F)CC1(N1C[C@H]2CC[C@@H](C1)N2)C(F)(F)F. The number of fused-ring (bicyclic) bond motifs is 3. The van der Waals surface area contributed by atoms with Gasteiger partial charge in [-0.25, -0.2) is 22.5 Å². The van der Waals surface area contributed by atoms with Crippen molar-refractivity contribution in [1.29, 1.82) is 0 Å². The molecule has 0 spiro atoms. The first-order valence-electron chi connectivity index (χ1n) is 14.9. The number of piperazine rings is 1. The van der Waals surface area contributed by atoms with Gasteiger partial charge < -0.3 is 20.7 Å². The van der Waals surface area contributed by atoms with Crippen LogP contribution in [0.4, 0.5) is 30.7 Å². The third-order valence-corrected chi connectivity index (χ3v) is 10.3. The van der Waals surface area contributed by atoms with Gasteiger partial charge in [-0.15, -0.1) is 0 Å². The molecule has 3 saturated heterocycles. The molecule has 1 aliphatic carbocycles. The maximum atomic E-state index is 17.2. The first-order chi connectivity index (χ1) is 20.6. The van der Waals surface area contributed by atoms with E-state index < -0.39 is 69.7 Å². The highest BCUT2D eigenvalue weighted by atomic mass is 19.4. The summed E-state index contributed by atoms with van der Waals surface area (Å²) < 4.78 is 115. The van der Waals surface area contributed by atoms with Crippen molar-refractivity contribution in [1.82, 2.24) is 25.1 Å². The van der Waals surface area contributed by atoms with E-state index >= 15 is 26.3 Å². The minimum absolute atomic E-state index is 0.0749. The Morgan fingerprint density at radius 1 is 1.14 bits per heavy atom. The second-order valence-electron chi connectivity index (χ2n) is 13.3. The molecule has 242 valence electrons. The van der Waals surface area contributed by atoms with Crippen molar-refractivity contribution in [3.63, 3.8) is 0 Å². The van der Waals surface area contributed by atoms with Gasteiger partial charge in [0.1, 0.15) is 29.7 Å². The first kappa shape index (κ1) is 31.4. The zero-order chi connectivity index (χ0) is 31.8. The molecule has 0 radical (unpaired) electrons. The average molecular weight is 631 g/mol. The summed E-state index contributed by atoms with van der Waals surface area (Å²) in [5.41, 5.74) is -3.21. The van der Waals surface area contributed by atoms with Crippen LogP contribution in [0.2, 0.25) is 0 Å². The fourth-order valence-electron chi connectivity index (χ4n) is 7.74. The number of ether oxygens (including phenoxy) is 1. The van der Waals surface area contributed by atoms with Gasteiger partial charge in [-0.3, -0.25) is 4.90 Å². The molecule has 44 heavy (non-hydrogen) atoms. The van der Waals surface area contributed by atoms with Gasteiger partial charge in [0.15, 0.2) is 11.5 Å². The highest BCUT2D eigenvalue weighted by Crippen LogP contribution is 2.57. The number of likely N-dealkylation sites (tertiary alicyclic amines) is 2. The number of nitrogens with zero attached hydrogens (tertiary/aromatic N) is 4. The summed E-state index contributed by atoms with van der Waals surface area (Å²) in [4.78, 5) is 11.2. The smallest absolute Gasteiger partial charge is 0.410 e. The van der Waals surface area contributed by atoms with E-state index in [2.05, 4.69) is 15.3 Å². The van der Waals surface area contributed by atoms with E-state index in [0.717, 1.165) is 17.9 Å². The van der Waals surface area contributed by atoms with Crippen molar-refractivity contribution < 1.29 is 35.5 Å². The van der Waals surface area contributed by atoms with Gasteiger partial charge in [-0.05, 0) is 38.8 Å². The normalized spacial score (nSPS) is 37.2. The number of halogens is 7. The topological polar surface area (TPSA) is 79.5 Å². The first-order valence-corrected chi connectivity index (χ1v) is 14.9. The minimum Gasteiger partial charge on any atom is -0.463 e. The molecule has 3 unspecified atom stereocenters. The van der Waals surface area contributed by atoms with Gasteiger partial charge in [0.25, 0.3) is 0 Å². The lowest BCUT2D eigenvalue weighted by Gasteiger charge is -2.54. The molecule has 6 rings (SSSR count). The van der Waals surface area contributed by atoms with Crippen molar-refractivity contribution in [2.45, 2.75) is 81.2 Å². The maximum Gasteiger partial charge on any atom is 0.410 e. The lowest BCUT2D eigenvalue weighted by Crippen LogP contribution is -2.70.